The van der Waals surface area contributed by atoms with Crippen LogP contribution in [0.4, 0.5) is 4.79 Å². The number of benzene rings is 3. The Hall–Kier alpha value is -6.87. The number of aromatic nitrogens is 1. The number of aryl methyl sites for hydroxylation is 1. The summed E-state index contributed by atoms with van der Waals surface area (Å²) in [5.41, 5.74) is 6.24. The van der Waals surface area contributed by atoms with Gasteiger partial charge in [-0.15, -0.1) is 0 Å². The van der Waals surface area contributed by atoms with Gasteiger partial charge in [0.2, 0.25) is 29.5 Å². The molecule has 1 atom stereocenters. The molecule has 3 aromatic carbocycles. The van der Waals surface area contributed by atoms with Crippen LogP contribution in [0.25, 0.3) is 22.0 Å². The van der Waals surface area contributed by atoms with E-state index in [1.807, 2.05) is 59.2 Å². The zero-order chi connectivity index (χ0) is 51.6. The summed E-state index contributed by atoms with van der Waals surface area (Å²) in [7, 11) is 9.15. The monoisotopic (exact) mass is 984 g/mol. The second kappa shape index (κ2) is 26.9. The minimum atomic E-state index is -1.17. The highest BCUT2D eigenvalue weighted by Crippen LogP contribution is 2.44. The van der Waals surface area contributed by atoms with E-state index in [2.05, 4.69) is 29.6 Å². The number of hydrazine groups is 1. The Balaban J connectivity index is 1.17. The van der Waals surface area contributed by atoms with Crippen molar-refractivity contribution < 1.29 is 57.6 Å². The van der Waals surface area contributed by atoms with Gasteiger partial charge in [0.15, 0.2) is 0 Å². The number of hydrogen-bond donors (Lipinski definition) is 2. The van der Waals surface area contributed by atoms with Gasteiger partial charge in [0.1, 0.15) is 12.6 Å². The van der Waals surface area contributed by atoms with Crippen LogP contribution in [0.3, 0.4) is 0 Å². The Morgan fingerprint density at radius 3 is 1.80 bits per heavy atom. The highest BCUT2D eigenvalue weighted by Gasteiger charge is 2.31. The molecule has 0 bridgehead atoms. The number of para-hydroxylation sites is 1. The molecule has 0 saturated heterocycles. The number of ether oxygens (including phenoxy) is 4. The number of carbonyl (C=O) groups excluding carboxylic acids is 6. The topological polar surface area (TPSA) is 213 Å². The first-order valence-electron chi connectivity index (χ1n) is 23.5. The number of amides is 6. The average molecular weight is 985 g/mol. The average Bonchev–Trinajstić information content (AvgIpc) is 3.89. The van der Waals surface area contributed by atoms with E-state index in [1.54, 1.807) is 19.1 Å². The Morgan fingerprint density at radius 1 is 0.676 bits per heavy atom. The lowest BCUT2D eigenvalue weighted by Gasteiger charge is -2.30. The Bertz CT molecular complexity index is 2430. The number of rotatable bonds is 28. The van der Waals surface area contributed by atoms with Crippen molar-refractivity contribution >= 4 is 52.5 Å². The van der Waals surface area contributed by atoms with E-state index < -0.39 is 67.3 Å². The van der Waals surface area contributed by atoms with E-state index in [0.717, 1.165) is 43.8 Å². The number of carbonyl (C=O) groups is 7. The number of aliphatic carboxylic acids is 1. The van der Waals surface area contributed by atoms with E-state index in [0.29, 0.717) is 6.54 Å². The van der Waals surface area contributed by atoms with Crippen molar-refractivity contribution in [3.63, 3.8) is 0 Å². The summed E-state index contributed by atoms with van der Waals surface area (Å²) in [5, 5.41) is 16.1. The van der Waals surface area contributed by atoms with Crippen molar-refractivity contribution in [3.05, 3.63) is 95.7 Å². The predicted molar refractivity (Wildman–Crippen MR) is 264 cm³/mol. The van der Waals surface area contributed by atoms with E-state index in [4.69, 9.17) is 18.9 Å². The summed E-state index contributed by atoms with van der Waals surface area (Å²) >= 11 is 0. The predicted octanol–water partition coefficient (Wildman–Crippen LogP) is 3.12. The van der Waals surface area contributed by atoms with Crippen molar-refractivity contribution in [1.29, 1.82) is 0 Å². The molecule has 0 radical (unpaired) electrons. The number of fused-ring (bicyclic) bond motifs is 4. The summed E-state index contributed by atoms with van der Waals surface area (Å²) in [6.45, 7) is 1.27. The normalized spacial score (nSPS) is 12.2. The zero-order valence-electron chi connectivity index (χ0n) is 41.8. The largest absolute Gasteiger partial charge is 0.480 e. The van der Waals surface area contributed by atoms with Crippen LogP contribution in [0.15, 0.2) is 78.9 Å². The SMILES string of the molecule is COCCN(CCC(=O)N(C)C(C)C(=O)O)C(=O)CN(CCOC)C(=O)CN(CCOC)C(=O)CNC(=O)CCn1c(CN(C)N(C)C(=O)OCC2c3ccccc3-c3ccccc32)cc2ccccc21. The van der Waals surface area contributed by atoms with Crippen LogP contribution in [-0.2, 0) is 60.8 Å². The standard InChI is InChI=1S/C51H68N8O12/c1-36(50(65)66)54(3)46(61)21-22-56(24-27-68-5)48(63)33-58(26-29-70-7)49(64)34-57(25-28-69-6)47(62)31-52-45(60)20-23-59-38(30-37-14-8-13-19-44(37)59)32-53(2)55(4)51(67)71-35-43-41-17-11-9-15-39(41)40-16-10-12-18-42(40)43/h8-19,30,36,43H,20-29,31-35H2,1-7H3,(H,52,60)(H,65,66). The quantitative estimate of drug-likeness (QED) is 0.0785. The fourth-order valence-electron chi connectivity index (χ4n) is 8.28. The third-order valence-corrected chi connectivity index (χ3v) is 12.7. The maximum Gasteiger partial charge on any atom is 0.424 e. The highest BCUT2D eigenvalue weighted by atomic mass is 16.6. The third-order valence-electron chi connectivity index (χ3n) is 12.7. The molecule has 0 aliphatic heterocycles. The molecule has 5 rings (SSSR count). The van der Waals surface area contributed by atoms with Gasteiger partial charge in [0.25, 0.3) is 0 Å². The van der Waals surface area contributed by atoms with Gasteiger partial charge in [0.05, 0.1) is 46.0 Å². The Labute approximate surface area is 414 Å². The van der Waals surface area contributed by atoms with Crippen LogP contribution >= 0.6 is 0 Å². The van der Waals surface area contributed by atoms with Crippen LogP contribution < -0.4 is 5.32 Å². The Kier molecular flexibility index (Phi) is 20.9. The first-order valence-corrected chi connectivity index (χ1v) is 23.5. The number of hydrogen-bond acceptors (Lipinski definition) is 12. The summed E-state index contributed by atoms with van der Waals surface area (Å²) in [6.07, 6.45) is -0.664. The van der Waals surface area contributed by atoms with Gasteiger partial charge in [-0.05, 0) is 46.7 Å². The molecule has 20 heteroatoms. The van der Waals surface area contributed by atoms with Crippen molar-refractivity contribution in [1.82, 2.24) is 39.5 Å². The molecule has 1 unspecified atom stereocenters. The van der Waals surface area contributed by atoms with Gasteiger partial charge in [-0.25, -0.2) is 19.6 Å². The van der Waals surface area contributed by atoms with Crippen LogP contribution in [0, 0.1) is 0 Å². The molecule has 384 valence electrons. The van der Waals surface area contributed by atoms with Crippen LogP contribution in [0.1, 0.15) is 42.5 Å². The highest BCUT2D eigenvalue weighted by molar-refractivity contribution is 5.91. The molecule has 0 saturated carbocycles. The smallest absolute Gasteiger partial charge is 0.424 e. The lowest BCUT2D eigenvalue weighted by atomic mass is 9.98. The number of nitrogens with zero attached hydrogens (tertiary/aromatic N) is 7. The third kappa shape index (κ3) is 14.8. The van der Waals surface area contributed by atoms with Crippen molar-refractivity contribution in [2.75, 3.05) is 115 Å². The van der Waals surface area contributed by atoms with Crippen LogP contribution in [-0.4, -0.2) is 202 Å². The fourth-order valence-corrected chi connectivity index (χ4v) is 8.28. The molecule has 20 nitrogen and oxygen atoms in total. The van der Waals surface area contributed by atoms with E-state index in [9.17, 15) is 38.7 Å². The molecule has 2 N–H and O–H groups in total. The van der Waals surface area contributed by atoms with Crippen LogP contribution in [0.2, 0.25) is 0 Å². The first-order chi connectivity index (χ1) is 34.1. The van der Waals surface area contributed by atoms with Gasteiger partial charge in [-0.3, -0.25) is 24.0 Å². The van der Waals surface area contributed by atoms with Gasteiger partial charge < -0.3 is 53.5 Å². The summed E-state index contributed by atoms with van der Waals surface area (Å²) in [4.78, 5) is 97.1. The van der Waals surface area contributed by atoms with Gasteiger partial charge in [0, 0.05) is 105 Å². The summed E-state index contributed by atoms with van der Waals surface area (Å²) < 4.78 is 23.5. The fraction of sp³-hybridized carbons (Fsp3) is 0.471. The molecule has 1 aliphatic rings. The lowest BCUT2D eigenvalue weighted by Crippen LogP contribution is -2.51. The molecule has 1 aromatic heterocycles. The second-order valence-electron chi connectivity index (χ2n) is 17.3. The number of likely N-dealkylation sites (N-methyl/N-ethyl adjacent to an activating group) is 1. The minimum Gasteiger partial charge on any atom is -0.480 e. The van der Waals surface area contributed by atoms with E-state index in [-0.39, 0.29) is 77.9 Å². The Morgan fingerprint density at radius 2 is 1.21 bits per heavy atom. The molecule has 4 aromatic rings. The van der Waals surface area contributed by atoms with Gasteiger partial charge in [-0.1, -0.05) is 66.7 Å². The molecule has 1 aliphatic carbocycles. The molecule has 6 amide bonds. The number of methoxy groups -OCH3 is 3. The van der Waals surface area contributed by atoms with E-state index in [1.165, 1.54) is 55.0 Å². The number of nitrogens with one attached hydrogen (secondary N) is 1. The zero-order valence-corrected chi connectivity index (χ0v) is 41.8. The van der Waals surface area contributed by atoms with Crippen molar-refractivity contribution in [2.24, 2.45) is 0 Å². The minimum absolute atomic E-state index is 0.00877. The molecule has 0 spiro atoms. The maximum atomic E-state index is 13.8. The second-order valence-corrected chi connectivity index (χ2v) is 17.3. The van der Waals surface area contributed by atoms with Crippen LogP contribution in [0.5, 0.6) is 0 Å². The molecule has 71 heavy (non-hydrogen) atoms. The first kappa shape index (κ1) is 55.1. The van der Waals surface area contributed by atoms with Crippen molar-refractivity contribution in [2.45, 2.75) is 44.8 Å². The molecular formula is C51H68N8O12. The number of carboxylic acid groups (broad SMARTS) is 1. The van der Waals surface area contributed by atoms with E-state index >= 15 is 0 Å². The van der Waals surface area contributed by atoms with Crippen molar-refractivity contribution in [3.8, 4) is 11.1 Å². The summed E-state index contributed by atoms with van der Waals surface area (Å²) in [5.74, 6) is -3.75. The maximum absolute atomic E-state index is 13.8. The van der Waals surface area contributed by atoms with Gasteiger partial charge in [-0.2, -0.15) is 0 Å². The van der Waals surface area contributed by atoms with Gasteiger partial charge >= 0.3 is 12.1 Å². The molecule has 1 heterocycles. The lowest BCUT2D eigenvalue weighted by molar-refractivity contribution is -0.149. The molecule has 0 fully saturated rings. The summed E-state index contributed by atoms with van der Waals surface area (Å²) in [6, 6.07) is 25.0. The molecular weight excluding hydrogens is 917 g/mol. The number of carboxylic acids is 1.